The second-order valence-electron chi connectivity index (χ2n) is 4.87. The van der Waals surface area contributed by atoms with Crippen molar-refractivity contribution in [2.45, 2.75) is 26.6 Å². The van der Waals surface area contributed by atoms with Crippen LogP contribution in [0.15, 0.2) is 22.7 Å². The topological polar surface area (TPSA) is 45.0 Å². The molecule has 0 aliphatic rings. The second-order valence-corrected chi connectivity index (χ2v) is 5.72. The smallest absolute Gasteiger partial charge is 0.405 e. The lowest BCUT2D eigenvalue weighted by Gasteiger charge is -2.16. The van der Waals surface area contributed by atoms with Gasteiger partial charge in [0, 0.05) is 12.2 Å². The molecule has 0 saturated heterocycles. The fourth-order valence-electron chi connectivity index (χ4n) is 1.39. The van der Waals surface area contributed by atoms with E-state index in [4.69, 9.17) is 5.26 Å². The normalized spacial score (nSPS) is 11.8. The van der Waals surface area contributed by atoms with Gasteiger partial charge >= 0.3 is 6.36 Å². The molecule has 7 heteroatoms. The first kappa shape index (κ1) is 16.6. The zero-order chi connectivity index (χ0) is 15.4. The van der Waals surface area contributed by atoms with Crippen LogP contribution in [-0.4, -0.2) is 12.9 Å². The van der Waals surface area contributed by atoms with E-state index >= 15 is 0 Å². The quantitative estimate of drug-likeness (QED) is 0.836. The van der Waals surface area contributed by atoms with Crippen LogP contribution >= 0.6 is 15.9 Å². The summed E-state index contributed by atoms with van der Waals surface area (Å²) in [4.78, 5) is 0. The lowest BCUT2D eigenvalue weighted by atomic mass is 9.91. The van der Waals surface area contributed by atoms with Crippen molar-refractivity contribution in [2.24, 2.45) is 5.41 Å². The minimum Gasteiger partial charge on any atom is -0.405 e. The number of halogens is 4. The van der Waals surface area contributed by atoms with Crippen molar-refractivity contribution in [3.05, 3.63) is 22.7 Å². The van der Waals surface area contributed by atoms with E-state index in [2.05, 4.69) is 32.1 Å². The van der Waals surface area contributed by atoms with Gasteiger partial charge in [-0.1, -0.05) is 0 Å². The maximum atomic E-state index is 12.1. The highest BCUT2D eigenvalue weighted by molar-refractivity contribution is 9.10. The van der Waals surface area contributed by atoms with Gasteiger partial charge in [-0.05, 0) is 54.4 Å². The third kappa shape index (κ3) is 5.70. The first-order chi connectivity index (χ1) is 9.13. The molecular weight excluding hydrogens is 337 g/mol. The average Bonchev–Trinajstić information content (AvgIpc) is 2.31. The number of nitrogens with zero attached hydrogens (tertiary/aromatic N) is 1. The van der Waals surface area contributed by atoms with Crippen LogP contribution in [-0.2, 0) is 0 Å². The highest BCUT2D eigenvalue weighted by atomic mass is 79.9. The van der Waals surface area contributed by atoms with Gasteiger partial charge in [-0.2, -0.15) is 5.26 Å². The van der Waals surface area contributed by atoms with Gasteiger partial charge in [-0.25, -0.2) is 0 Å². The van der Waals surface area contributed by atoms with Gasteiger partial charge in [0.25, 0.3) is 0 Å². The van der Waals surface area contributed by atoms with Crippen molar-refractivity contribution in [1.29, 1.82) is 5.26 Å². The summed E-state index contributed by atoms with van der Waals surface area (Å²) in [7, 11) is 0. The molecule has 0 spiro atoms. The molecule has 0 saturated carbocycles. The third-order valence-corrected chi connectivity index (χ3v) is 3.16. The molecule has 0 aliphatic carbocycles. The van der Waals surface area contributed by atoms with Crippen LogP contribution in [0.25, 0.3) is 0 Å². The standard InChI is InChI=1S/C13H14BrF3N2O/c1-12(2,8-18)5-6-19-9-3-4-11(10(14)7-9)20-13(15,16)17/h3-4,7,19H,5-6H2,1-2H3. The van der Waals surface area contributed by atoms with Crippen molar-refractivity contribution < 1.29 is 17.9 Å². The van der Waals surface area contributed by atoms with Gasteiger partial charge in [-0.3, -0.25) is 0 Å². The Kier molecular flexibility index (Phi) is 5.28. The summed E-state index contributed by atoms with van der Waals surface area (Å²) < 4.78 is 40.4. The minimum atomic E-state index is -4.71. The fourth-order valence-corrected chi connectivity index (χ4v) is 1.85. The van der Waals surface area contributed by atoms with Crippen molar-refractivity contribution in [3.8, 4) is 11.8 Å². The molecule has 0 aliphatic heterocycles. The van der Waals surface area contributed by atoms with Gasteiger partial charge in [-0.15, -0.1) is 13.2 Å². The van der Waals surface area contributed by atoms with E-state index < -0.39 is 11.8 Å². The molecule has 110 valence electrons. The lowest BCUT2D eigenvalue weighted by molar-refractivity contribution is -0.274. The fraction of sp³-hybridized carbons (Fsp3) is 0.462. The Labute approximate surface area is 123 Å². The lowest BCUT2D eigenvalue weighted by Crippen LogP contribution is -2.17. The molecule has 0 fully saturated rings. The zero-order valence-corrected chi connectivity index (χ0v) is 12.6. The van der Waals surface area contributed by atoms with Gasteiger partial charge in [0.2, 0.25) is 0 Å². The van der Waals surface area contributed by atoms with E-state index in [1.165, 1.54) is 18.2 Å². The molecule has 0 atom stereocenters. The molecule has 1 rings (SSSR count). The van der Waals surface area contributed by atoms with Crippen LogP contribution in [0.2, 0.25) is 0 Å². The summed E-state index contributed by atoms with van der Waals surface area (Å²) >= 11 is 3.03. The summed E-state index contributed by atoms with van der Waals surface area (Å²) in [6, 6.07) is 6.40. The molecule has 0 heterocycles. The summed E-state index contributed by atoms with van der Waals surface area (Å²) in [5, 5.41) is 11.9. The Morgan fingerprint density at radius 1 is 1.35 bits per heavy atom. The average molecular weight is 351 g/mol. The van der Waals surface area contributed by atoms with Crippen LogP contribution in [0.4, 0.5) is 18.9 Å². The van der Waals surface area contributed by atoms with E-state index in [0.29, 0.717) is 18.7 Å². The number of alkyl halides is 3. The molecule has 1 aromatic carbocycles. The number of benzene rings is 1. The Hall–Kier alpha value is -1.42. The predicted octanol–water partition coefficient (Wildman–Crippen LogP) is 4.70. The molecule has 1 aromatic rings. The summed E-state index contributed by atoms with van der Waals surface area (Å²) in [5.41, 5.74) is 0.212. The molecule has 3 nitrogen and oxygen atoms in total. The monoisotopic (exact) mass is 350 g/mol. The molecule has 0 aromatic heterocycles. The minimum absolute atomic E-state index is 0.208. The van der Waals surface area contributed by atoms with Gasteiger partial charge in [0.1, 0.15) is 5.75 Å². The van der Waals surface area contributed by atoms with E-state index in [1.807, 2.05) is 13.8 Å². The molecule has 0 bridgehead atoms. The number of ether oxygens (including phenoxy) is 1. The molecule has 0 radical (unpaired) electrons. The van der Waals surface area contributed by atoms with E-state index in [9.17, 15) is 13.2 Å². The van der Waals surface area contributed by atoms with Crippen LogP contribution < -0.4 is 10.1 Å². The molecule has 0 amide bonds. The van der Waals surface area contributed by atoms with Crippen molar-refractivity contribution in [3.63, 3.8) is 0 Å². The Morgan fingerprint density at radius 3 is 2.50 bits per heavy atom. The highest BCUT2D eigenvalue weighted by Gasteiger charge is 2.31. The molecule has 20 heavy (non-hydrogen) atoms. The van der Waals surface area contributed by atoms with Crippen LogP contribution in [0.1, 0.15) is 20.3 Å². The number of nitrogens with one attached hydrogen (secondary N) is 1. The second kappa shape index (κ2) is 6.35. The van der Waals surface area contributed by atoms with Crippen LogP contribution in [0.3, 0.4) is 0 Å². The SMILES string of the molecule is CC(C)(C#N)CCNc1ccc(OC(F)(F)F)c(Br)c1. The highest BCUT2D eigenvalue weighted by Crippen LogP contribution is 2.32. The van der Waals surface area contributed by atoms with Crippen molar-refractivity contribution in [2.75, 3.05) is 11.9 Å². The number of nitriles is 1. The third-order valence-electron chi connectivity index (χ3n) is 2.54. The Balaban J connectivity index is 2.63. The maximum absolute atomic E-state index is 12.1. The summed E-state index contributed by atoms with van der Waals surface area (Å²) in [5.74, 6) is -0.291. The number of anilines is 1. The van der Waals surface area contributed by atoms with Crippen molar-refractivity contribution in [1.82, 2.24) is 0 Å². The molecular formula is C13H14BrF3N2O. The number of hydrogen-bond donors (Lipinski definition) is 1. The van der Waals surface area contributed by atoms with Crippen molar-refractivity contribution >= 4 is 21.6 Å². The van der Waals surface area contributed by atoms with E-state index in [0.717, 1.165) is 0 Å². The number of hydrogen-bond acceptors (Lipinski definition) is 3. The van der Waals surface area contributed by atoms with E-state index in [1.54, 1.807) is 0 Å². The first-order valence-corrected chi connectivity index (χ1v) is 6.63. The molecule has 1 N–H and O–H groups in total. The Bertz CT molecular complexity index is 509. The summed E-state index contributed by atoms with van der Waals surface area (Å²) in [6.45, 7) is 4.20. The molecule has 0 unspecified atom stereocenters. The zero-order valence-electron chi connectivity index (χ0n) is 11.0. The van der Waals surface area contributed by atoms with E-state index in [-0.39, 0.29) is 10.2 Å². The Morgan fingerprint density at radius 2 is 2.00 bits per heavy atom. The van der Waals surface area contributed by atoms with Gasteiger partial charge < -0.3 is 10.1 Å². The number of rotatable bonds is 5. The van der Waals surface area contributed by atoms with Crippen LogP contribution in [0, 0.1) is 16.7 Å². The van der Waals surface area contributed by atoms with Crippen LogP contribution in [0.5, 0.6) is 5.75 Å². The van der Waals surface area contributed by atoms with Gasteiger partial charge in [0.15, 0.2) is 0 Å². The first-order valence-electron chi connectivity index (χ1n) is 5.83. The maximum Gasteiger partial charge on any atom is 0.573 e. The van der Waals surface area contributed by atoms with Gasteiger partial charge in [0.05, 0.1) is 16.0 Å². The largest absolute Gasteiger partial charge is 0.573 e. The summed E-state index contributed by atoms with van der Waals surface area (Å²) in [6.07, 6.45) is -4.09. The predicted molar refractivity (Wildman–Crippen MR) is 73.3 cm³/mol.